The highest BCUT2D eigenvalue weighted by Gasteiger charge is 2.14. The zero-order chi connectivity index (χ0) is 12.8. The molecule has 17 heavy (non-hydrogen) atoms. The van der Waals surface area contributed by atoms with Crippen LogP contribution >= 0.6 is 15.9 Å². The Morgan fingerprint density at radius 3 is 2.82 bits per heavy atom. The van der Waals surface area contributed by atoms with Crippen LogP contribution in [-0.4, -0.2) is 6.04 Å². The van der Waals surface area contributed by atoms with Gasteiger partial charge in [0.25, 0.3) is 0 Å². The van der Waals surface area contributed by atoms with Crippen molar-refractivity contribution in [2.24, 2.45) is 0 Å². The first-order valence-electron chi connectivity index (χ1n) is 5.75. The molecule has 1 aromatic rings. The van der Waals surface area contributed by atoms with Crippen LogP contribution in [0.4, 0.5) is 4.39 Å². The number of hydrogen-bond donors (Lipinski definition) is 1. The zero-order valence-electron chi connectivity index (χ0n) is 10.1. The lowest BCUT2D eigenvalue weighted by Gasteiger charge is -2.20. The van der Waals surface area contributed by atoms with E-state index in [0.717, 1.165) is 17.3 Å². The van der Waals surface area contributed by atoms with Gasteiger partial charge in [0, 0.05) is 16.1 Å². The first-order valence-corrected chi connectivity index (χ1v) is 6.55. The first-order chi connectivity index (χ1) is 8.08. The molecule has 3 heteroatoms. The molecule has 0 aliphatic heterocycles. The minimum atomic E-state index is -0.208. The summed E-state index contributed by atoms with van der Waals surface area (Å²) in [6.45, 7) is 4.00. The van der Waals surface area contributed by atoms with Gasteiger partial charge in [-0.2, -0.15) is 0 Å². The van der Waals surface area contributed by atoms with Crippen LogP contribution < -0.4 is 5.32 Å². The van der Waals surface area contributed by atoms with Gasteiger partial charge >= 0.3 is 0 Å². The van der Waals surface area contributed by atoms with Crippen molar-refractivity contribution in [2.45, 2.75) is 38.8 Å². The Morgan fingerprint density at radius 2 is 2.24 bits per heavy atom. The van der Waals surface area contributed by atoms with Gasteiger partial charge in [-0.25, -0.2) is 4.39 Å². The van der Waals surface area contributed by atoms with E-state index in [2.05, 4.69) is 34.1 Å². The van der Waals surface area contributed by atoms with E-state index >= 15 is 0 Å². The zero-order valence-corrected chi connectivity index (χ0v) is 11.7. The second-order valence-corrected chi connectivity index (χ2v) is 4.98. The van der Waals surface area contributed by atoms with Crippen molar-refractivity contribution in [3.05, 3.63) is 34.1 Å². The molecule has 0 aliphatic carbocycles. The van der Waals surface area contributed by atoms with Gasteiger partial charge in [0.2, 0.25) is 0 Å². The maximum atomic E-state index is 13.6. The summed E-state index contributed by atoms with van der Waals surface area (Å²) in [5.74, 6) is 2.48. The lowest BCUT2D eigenvalue weighted by molar-refractivity contribution is 0.476. The number of nitrogens with one attached hydrogen (secondary N) is 1. The molecular weight excluding hydrogens is 281 g/mol. The van der Waals surface area contributed by atoms with E-state index in [1.807, 2.05) is 6.92 Å². The monoisotopic (exact) mass is 297 g/mol. The molecular formula is C14H17BrFN. The van der Waals surface area contributed by atoms with Gasteiger partial charge in [0.15, 0.2) is 0 Å². The Labute approximate surface area is 111 Å². The summed E-state index contributed by atoms with van der Waals surface area (Å²) < 4.78 is 14.5. The van der Waals surface area contributed by atoms with Crippen LogP contribution in [0.15, 0.2) is 22.7 Å². The van der Waals surface area contributed by atoms with Crippen molar-refractivity contribution in [3.63, 3.8) is 0 Å². The third kappa shape index (κ3) is 4.14. The maximum absolute atomic E-state index is 13.6. The minimum Gasteiger partial charge on any atom is -0.297 e. The third-order valence-electron chi connectivity index (χ3n) is 2.65. The lowest BCUT2D eigenvalue weighted by atomic mass is 10.1. The molecule has 92 valence electrons. The Bertz CT molecular complexity index is 411. The predicted octanol–water partition coefficient (Wildman–Crippen LogP) is 4.04. The Balaban J connectivity index is 2.78. The average Bonchev–Trinajstić information content (AvgIpc) is 2.31. The number of hydrogen-bond acceptors (Lipinski definition) is 1. The Kier molecular flexibility index (Phi) is 5.67. The van der Waals surface area contributed by atoms with Gasteiger partial charge in [-0.15, -0.1) is 6.42 Å². The summed E-state index contributed by atoms with van der Waals surface area (Å²) >= 11 is 3.34. The van der Waals surface area contributed by atoms with E-state index < -0.39 is 0 Å². The van der Waals surface area contributed by atoms with Gasteiger partial charge < -0.3 is 0 Å². The summed E-state index contributed by atoms with van der Waals surface area (Å²) in [5, 5.41) is 3.25. The lowest BCUT2D eigenvalue weighted by Crippen LogP contribution is -2.30. The van der Waals surface area contributed by atoms with Crippen molar-refractivity contribution in [3.8, 4) is 12.3 Å². The molecule has 0 fully saturated rings. The molecule has 0 amide bonds. The maximum Gasteiger partial charge on any atom is 0.128 e. The summed E-state index contributed by atoms with van der Waals surface area (Å²) in [6.07, 6.45) is 7.35. The standard InChI is InChI=1S/C14H17BrFN/c1-4-6-12(5-2)17-10(3)13-9-11(15)7-8-14(13)16/h2,7-10,12,17H,4,6H2,1,3H3. The molecule has 2 unspecified atom stereocenters. The summed E-state index contributed by atoms with van der Waals surface area (Å²) in [7, 11) is 0. The van der Waals surface area contributed by atoms with Crippen molar-refractivity contribution in [1.29, 1.82) is 0 Å². The predicted molar refractivity (Wildman–Crippen MR) is 73.2 cm³/mol. The molecule has 0 spiro atoms. The van der Waals surface area contributed by atoms with E-state index in [1.165, 1.54) is 6.07 Å². The molecule has 0 aliphatic rings. The van der Waals surface area contributed by atoms with E-state index in [-0.39, 0.29) is 17.9 Å². The fourth-order valence-electron chi connectivity index (χ4n) is 1.74. The number of rotatable bonds is 5. The first kappa shape index (κ1) is 14.2. The Hall–Kier alpha value is -0.850. The highest BCUT2D eigenvalue weighted by Crippen LogP contribution is 2.22. The second-order valence-electron chi connectivity index (χ2n) is 4.06. The smallest absolute Gasteiger partial charge is 0.128 e. The molecule has 1 N–H and O–H groups in total. The summed E-state index contributed by atoms with van der Waals surface area (Å²) in [5.41, 5.74) is 0.635. The van der Waals surface area contributed by atoms with Crippen LogP contribution in [0.3, 0.4) is 0 Å². The van der Waals surface area contributed by atoms with Gasteiger partial charge in [-0.1, -0.05) is 35.2 Å². The van der Waals surface area contributed by atoms with E-state index in [1.54, 1.807) is 12.1 Å². The van der Waals surface area contributed by atoms with Gasteiger partial charge in [0.05, 0.1) is 6.04 Å². The highest BCUT2D eigenvalue weighted by atomic mass is 79.9. The van der Waals surface area contributed by atoms with Crippen LogP contribution in [0, 0.1) is 18.2 Å². The van der Waals surface area contributed by atoms with Crippen LogP contribution in [-0.2, 0) is 0 Å². The number of benzene rings is 1. The van der Waals surface area contributed by atoms with Gasteiger partial charge in [-0.05, 0) is 31.5 Å². The summed E-state index contributed by atoms with van der Waals surface area (Å²) in [4.78, 5) is 0. The van der Waals surface area contributed by atoms with Gasteiger partial charge in [-0.3, -0.25) is 5.32 Å². The Morgan fingerprint density at radius 1 is 1.53 bits per heavy atom. The molecule has 2 atom stereocenters. The van der Waals surface area contributed by atoms with Crippen molar-refractivity contribution < 1.29 is 4.39 Å². The third-order valence-corrected chi connectivity index (χ3v) is 3.15. The topological polar surface area (TPSA) is 12.0 Å². The fraction of sp³-hybridized carbons (Fsp3) is 0.429. The molecule has 1 rings (SSSR count). The van der Waals surface area contributed by atoms with Crippen LogP contribution in [0.5, 0.6) is 0 Å². The molecule has 0 saturated heterocycles. The van der Waals surface area contributed by atoms with Gasteiger partial charge in [0.1, 0.15) is 5.82 Å². The largest absolute Gasteiger partial charge is 0.297 e. The SMILES string of the molecule is C#CC(CCC)NC(C)c1cc(Br)ccc1F. The van der Waals surface area contributed by atoms with E-state index in [9.17, 15) is 4.39 Å². The highest BCUT2D eigenvalue weighted by molar-refractivity contribution is 9.10. The van der Waals surface area contributed by atoms with Crippen LogP contribution in [0.1, 0.15) is 38.3 Å². The normalized spacial score (nSPS) is 14.1. The summed E-state index contributed by atoms with van der Waals surface area (Å²) in [6, 6.07) is 4.83. The molecule has 1 nitrogen and oxygen atoms in total. The molecule has 0 saturated carbocycles. The average molecular weight is 298 g/mol. The quantitative estimate of drug-likeness (QED) is 0.809. The van der Waals surface area contributed by atoms with Crippen molar-refractivity contribution >= 4 is 15.9 Å². The molecule has 1 aromatic carbocycles. The second kappa shape index (κ2) is 6.78. The molecule has 0 radical (unpaired) electrons. The van der Waals surface area contributed by atoms with Crippen LogP contribution in [0.25, 0.3) is 0 Å². The molecule has 0 aromatic heterocycles. The van der Waals surface area contributed by atoms with Crippen molar-refractivity contribution in [1.82, 2.24) is 5.32 Å². The fourth-order valence-corrected chi connectivity index (χ4v) is 2.12. The molecule has 0 bridgehead atoms. The van der Waals surface area contributed by atoms with Crippen LogP contribution in [0.2, 0.25) is 0 Å². The van der Waals surface area contributed by atoms with Crippen molar-refractivity contribution in [2.75, 3.05) is 0 Å². The minimum absolute atomic E-state index is 0.00613. The number of terminal acetylenes is 1. The number of halogens is 2. The van der Waals surface area contributed by atoms with E-state index in [0.29, 0.717) is 5.56 Å². The molecule has 0 heterocycles. The van der Waals surface area contributed by atoms with E-state index in [4.69, 9.17) is 6.42 Å².